The van der Waals surface area contributed by atoms with Gasteiger partial charge in [0.2, 0.25) is 0 Å². The summed E-state index contributed by atoms with van der Waals surface area (Å²) in [6.07, 6.45) is 10.4. The molecule has 0 aromatic heterocycles. The van der Waals surface area contributed by atoms with Crippen LogP contribution in [0, 0.1) is 0 Å². The van der Waals surface area contributed by atoms with Gasteiger partial charge in [0.05, 0.1) is 7.11 Å². The molecule has 2 heteroatoms. The molecule has 2 nitrogen and oxygen atoms in total. The van der Waals surface area contributed by atoms with E-state index < -0.39 is 0 Å². The zero-order valence-corrected chi connectivity index (χ0v) is 6.78. The van der Waals surface area contributed by atoms with E-state index in [2.05, 4.69) is 4.74 Å². The Kier molecular flexibility index (Phi) is 5.99. The van der Waals surface area contributed by atoms with E-state index >= 15 is 0 Å². The standard InChI is InChI=1S/C9H12O2/c1-3-4-5-6-7-8-9(10)11-2/h3-8H,1-2H3. The first kappa shape index (κ1) is 9.69. The third kappa shape index (κ3) is 6.58. The van der Waals surface area contributed by atoms with Crippen molar-refractivity contribution in [1.29, 1.82) is 0 Å². The van der Waals surface area contributed by atoms with Gasteiger partial charge in [-0.15, -0.1) is 0 Å². The molecule has 0 bridgehead atoms. The maximum absolute atomic E-state index is 10.5. The van der Waals surface area contributed by atoms with Crippen LogP contribution >= 0.6 is 0 Å². The molecule has 0 aliphatic heterocycles. The van der Waals surface area contributed by atoms with Crippen molar-refractivity contribution in [3.05, 3.63) is 36.5 Å². The molecule has 11 heavy (non-hydrogen) atoms. The van der Waals surface area contributed by atoms with Gasteiger partial charge in [0.1, 0.15) is 0 Å². The van der Waals surface area contributed by atoms with Crippen LogP contribution in [0.3, 0.4) is 0 Å². The van der Waals surface area contributed by atoms with E-state index in [-0.39, 0.29) is 5.97 Å². The summed E-state index contributed by atoms with van der Waals surface area (Å²) in [4.78, 5) is 10.5. The third-order valence-electron chi connectivity index (χ3n) is 0.959. The Morgan fingerprint density at radius 2 is 1.82 bits per heavy atom. The van der Waals surface area contributed by atoms with Gasteiger partial charge in [0.25, 0.3) is 0 Å². The molecule has 0 spiro atoms. The molecule has 0 aliphatic rings. The number of ether oxygens (including phenoxy) is 1. The number of methoxy groups -OCH3 is 1. The van der Waals surface area contributed by atoms with Gasteiger partial charge in [-0.1, -0.05) is 30.4 Å². The molecule has 0 aliphatic carbocycles. The summed E-state index contributed by atoms with van der Waals surface area (Å²) < 4.78 is 4.38. The highest BCUT2D eigenvalue weighted by atomic mass is 16.5. The predicted molar refractivity (Wildman–Crippen MR) is 45.1 cm³/mol. The SMILES string of the molecule is CC=CC=CC=CC(=O)OC. The Morgan fingerprint density at radius 3 is 2.36 bits per heavy atom. The number of hydrogen-bond donors (Lipinski definition) is 0. The normalized spacial score (nSPS) is 11.8. The summed E-state index contributed by atoms with van der Waals surface area (Å²) in [5.41, 5.74) is 0. The maximum atomic E-state index is 10.5. The lowest BCUT2D eigenvalue weighted by molar-refractivity contribution is -0.134. The molecule has 0 radical (unpaired) electrons. The van der Waals surface area contributed by atoms with Crippen LogP contribution in [0.5, 0.6) is 0 Å². The highest BCUT2D eigenvalue weighted by molar-refractivity contribution is 5.82. The Labute approximate surface area is 66.9 Å². The Bertz CT molecular complexity index is 188. The zero-order chi connectivity index (χ0) is 8.53. The van der Waals surface area contributed by atoms with Crippen LogP contribution in [-0.2, 0) is 9.53 Å². The minimum Gasteiger partial charge on any atom is -0.466 e. The van der Waals surface area contributed by atoms with E-state index in [1.165, 1.54) is 13.2 Å². The summed E-state index contributed by atoms with van der Waals surface area (Å²) in [7, 11) is 1.35. The smallest absolute Gasteiger partial charge is 0.330 e. The van der Waals surface area contributed by atoms with E-state index in [9.17, 15) is 4.79 Å². The van der Waals surface area contributed by atoms with Gasteiger partial charge < -0.3 is 4.74 Å². The second-order valence-electron chi connectivity index (χ2n) is 1.79. The van der Waals surface area contributed by atoms with Crippen LogP contribution in [0.4, 0.5) is 0 Å². The summed E-state index contributed by atoms with van der Waals surface area (Å²) in [5.74, 6) is -0.338. The Hall–Kier alpha value is -1.31. The topological polar surface area (TPSA) is 26.3 Å². The molecule has 0 aromatic rings. The minimum absolute atomic E-state index is 0.338. The fourth-order valence-corrected chi connectivity index (χ4v) is 0.442. The van der Waals surface area contributed by atoms with Gasteiger partial charge in [-0.25, -0.2) is 4.79 Å². The van der Waals surface area contributed by atoms with Crippen molar-refractivity contribution in [3.63, 3.8) is 0 Å². The second-order valence-corrected chi connectivity index (χ2v) is 1.79. The molecule has 0 amide bonds. The highest BCUT2D eigenvalue weighted by Gasteiger charge is 1.85. The first-order valence-electron chi connectivity index (χ1n) is 3.35. The summed E-state index contributed by atoms with van der Waals surface area (Å²) in [6.45, 7) is 1.92. The van der Waals surface area contributed by atoms with Crippen molar-refractivity contribution in [2.45, 2.75) is 6.92 Å². The van der Waals surface area contributed by atoms with Crippen LogP contribution in [0.25, 0.3) is 0 Å². The molecule has 0 unspecified atom stereocenters. The van der Waals surface area contributed by atoms with E-state index in [1.807, 2.05) is 25.2 Å². The number of hydrogen-bond acceptors (Lipinski definition) is 2. The molecule has 0 rings (SSSR count). The first-order chi connectivity index (χ1) is 5.31. The van der Waals surface area contributed by atoms with Gasteiger partial charge in [-0.3, -0.25) is 0 Å². The van der Waals surface area contributed by atoms with E-state index in [4.69, 9.17) is 0 Å². The van der Waals surface area contributed by atoms with E-state index in [1.54, 1.807) is 12.2 Å². The van der Waals surface area contributed by atoms with Gasteiger partial charge in [0, 0.05) is 6.08 Å². The van der Waals surface area contributed by atoms with Gasteiger partial charge in [-0.05, 0) is 6.92 Å². The Balaban J connectivity index is 3.68. The molecular weight excluding hydrogens is 140 g/mol. The first-order valence-corrected chi connectivity index (χ1v) is 3.35. The molecule has 0 heterocycles. The quantitative estimate of drug-likeness (QED) is 0.350. The lowest BCUT2D eigenvalue weighted by Gasteiger charge is -1.85. The fraction of sp³-hybridized carbons (Fsp3) is 0.222. The predicted octanol–water partition coefficient (Wildman–Crippen LogP) is 1.85. The van der Waals surface area contributed by atoms with Crippen molar-refractivity contribution in [2.75, 3.05) is 7.11 Å². The van der Waals surface area contributed by atoms with Crippen LogP contribution in [0.1, 0.15) is 6.92 Å². The van der Waals surface area contributed by atoms with Crippen molar-refractivity contribution in [1.82, 2.24) is 0 Å². The number of esters is 1. The lowest BCUT2D eigenvalue weighted by atomic mass is 10.4. The lowest BCUT2D eigenvalue weighted by Crippen LogP contribution is -1.92. The number of carbonyl (C=O) groups is 1. The van der Waals surface area contributed by atoms with Crippen LogP contribution in [-0.4, -0.2) is 13.1 Å². The largest absolute Gasteiger partial charge is 0.466 e. The molecule has 0 N–H and O–H groups in total. The van der Waals surface area contributed by atoms with Crippen molar-refractivity contribution in [2.24, 2.45) is 0 Å². The van der Waals surface area contributed by atoms with Crippen LogP contribution < -0.4 is 0 Å². The fourth-order valence-electron chi connectivity index (χ4n) is 0.442. The number of carbonyl (C=O) groups excluding carboxylic acids is 1. The number of allylic oxidation sites excluding steroid dienone is 5. The average Bonchev–Trinajstić information content (AvgIpc) is 2.04. The van der Waals surface area contributed by atoms with E-state index in [0.29, 0.717) is 0 Å². The number of rotatable bonds is 3. The van der Waals surface area contributed by atoms with Gasteiger partial charge in [-0.2, -0.15) is 0 Å². The molecule has 0 fully saturated rings. The van der Waals surface area contributed by atoms with Crippen molar-refractivity contribution < 1.29 is 9.53 Å². The molecule has 0 saturated heterocycles. The zero-order valence-electron chi connectivity index (χ0n) is 6.78. The molecule has 0 aromatic carbocycles. The monoisotopic (exact) mass is 152 g/mol. The highest BCUT2D eigenvalue weighted by Crippen LogP contribution is 1.81. The molecule has 60 valence electrons. The van der Waals surface area contributed by atoms with Crippen LogP contribution in [0.15, 0.2) is 36.5 Å². The Morgan fingerprint density at radius 1 is 1.18 bits per heavy atom. The summed E-state index contributed by atoms with van der Waals surface area (Å²) in [6, 6.07) is 0. The van der Waals surface area contributed by atoms with E-state index in [0.717, 1.165) is 0 Å². The van der Waals surface area contributed by atoms with Crippen LogP contribution in [0.2, 0.25) is 0 Å². The second kappa shape index (κ2) is 6.81. The maximum Gasteiger partial charge on any atom is 0.330 e. The summed E-state index contributed by atoms with van der Waals surface area (Å²) >= 11 is 0. The van der Waals surface area contributed by atoms with Crippen molar-refractivity contribution in [3.8, 4) is 0 Å². The summed E-state index contributed by atoms with van der Waals surface area (Å²) in [5, 5.41) is 0. The average molecular weight is 152 g/mol. The molecule has 0 saturated carbocycles. The minimum atomic E-state index is -0.338. The molecule has 0 atom stereocenters. The van der Waals surface area contributed by atoms with Gasteiger partial charge in [0.15, 0.2) is 0 Å². The molecular formula is C9H12O2. The van der Waals surface area contributed by atoms with Crippen molar-refractivity contribution >= 4 is 5.97 Å². The van der Waals surface area contributed by atoms with Gasteiger partial charge >= 0.3 is 5.97 Å². The third-order valence-corrected chi connectivity index (χ3v) is 0.959.